The van der Waals surface area contributed by atoms with Gasteiger partial charge in [0, 0.05) is 10.9 Å². The second-order valence-electron chi connectivity index (χ2n) is 4.87. The van der Waals surface area contributed by atoms with Crippen molar-refractivity contribution in [3.05, 3.63) is 63.1 Å². The largest absolute Gasteiger partial charge is 0.444 e. The Morgan fingerprint density at radius 1 is 1.35 bits per heavy atom. The number of rotatable bonds is 3. The minimum atomic E-state index is -0.451. The smallest absolute Gasteiger partial charge is 0.307 e. The molecule has 3 rings (SSSR count). The highest BCUT2D eigenvalue weighted by atomic mass is 79.9. The first kappa shape index (κ1) is 15.7. The van der Waals surface area contributed by atoms with Crippen LogP contribution in [-0.4, -0.2) is 17.1 Å². The number of nitrogens with zero attached hydrogens (tertiary/aromatic N) is 2. The van der Waals surface area contributed by atoms with E-state index < -0.39 is 5.91 Å². The minimum absolute atomic E-state index is 0.159. The standard InChI is InChI=1S/C16H11BrClN3O2/c1-9-2-3-10-7-11(15(18)20-12(10)6-9)8-19-21-16(22)13-4-5-14(17)23-13/h2-8H,1H3,(H,21,22)/b19-8-. The lowest BCUT2D eigenvalue weighted by Crippen LogP contribution is -2.16. The Morgan fingerprint density at radius 3 is 2.91 bits per heavy atom. The van der Waals surface area contributed by atoms with E-state index in [1.54, 1.807) is 12.1 Å². The van der Waals surface area contributed by atoms with Crippen LogP contribution in [0.4, 0.5) is 0 Å². The van der Waals surface area contributed by atoms with E-state index in [0.717, 1.165) is 16.5 Å². The van der Waals surface area contributed by atoms with Crippen LogP contribution in [0.15, 0.2) is 50.6 Å². The second kappa shape index (κ2) is 6.52. The molecule has 0 spiro atoms. The van der Waals surface area contributed by atoms with Gasteiger partial charge >= 0.3 is 5.91 Å². The predicted octanol–water partition coefficient (Wildman–Crippen LogP) is 4.32. The fourth-order valence-electron chi connectivity index (χ4n) is 2.01. The van der Waals surface area contributed by atoms with Gasteiger partial charge in [0.15, 0.2) is 10.4 Å². The fourth-order valence-corrected chi connectivity index (χ4v) is 2.51. The van der Waals surface area contributed by atoms with Crippen molar-refractivity contribution in [2.45, 2.75) is 6.92 Å². The number of benzene rings is 1. The number of hydrogen-bond acceptors (Lipinski definition) is 4. The number of carbonyl (C=O) groups excluding carboxylic acids is 1. The average molecular weight is 393 g/mol. The monoisotopic (exact) mass is 391 g/mol. The van der Waals surface area contributed by atoms with Crippen LogP contribution >= 0.6 is 27.5 Å². The molecule has 0 bridgehead atoms. The average Bonchev–Trinajstić information content (AvgIpc) is 2.94. The molecule has 116 valence electrons. The molecule has 2 aromatic heterocycles. The Kier molecular flexibility index (Phi) is 4.45. The van der Waals surface area contributed by atoms with Crippen LogP contribution in [0.3, 0.4) is 0 Å². The van der Waals surface area contributed by atoms with Crippen molar-refractivity contribution in [2.75, 3.05) is 0 Å². The van der Waals surface area contributed by atoms with Gasteiger partial charge in [0.1, 0.15) is 5.15 Å². The lowest BCUT2D eigenvalue weighted by Gasteiger charge is -2.03. The lowest BCUT2D eigenvalue weighted by atomic mass is 10.1. The normalized spacial score (nSPS) is 11.3. The molecule has 0 aliphatic carbocycles. The van der Waals surface area contributed by atoms with Crippen molar-refractivity contribution in [1.29, 1.82) is 0 Å². The Bertz CT molecular complexity index is 921. The first-order valence-corrected chi connectivity index (χ1v) is 7.86. The number of amides is 1. The van der Waals surface area contributed by atoms with Crippen LogP contribution in [0.5, 0.6) is 0 Å². The van der Waals surface area contributed by atoms with Crippen LogP contribution < -0.4 is 5.43 Å². The summed E-state index contributed by atoms with van der Waals surface area (Å²) in [5.41, 5.74) is 4.92. The molecule has 0 fully saturated rings. The van der Waals surface area contributed by atoms with Gasteiger partial charge in [0.2, 0.25) is 0 Å². The fraction of sp³-hybridized carbons (Fsp3) is 0.0625. The highest BCUT2D eigenvalue weighted by Crippen LogP contribution is 2.20. The third kappa shape index (κ3) is 3.60. The van der Waals surface area contributed by atoms with E-state index in [9.17, 15) is 4.79 Å². The number of aromatic nitrogens is 1. The Hall–Kier alpha value is -2.18. The highest BCUT2D eigenvalue weighted by Gasteiger charge is 2.09. The van der Waals surface area contributed by atoms with E-state index in [4.69, 9.17) is 16.0 Å². The molecule has 1 amide bonds. The maximum absolute atomic E-state index is 11.8. The molecule has 0 aliphatic rings. The summed E-state index contributed by atoms with van der Waals surface area (Å²) >= 11 is 9.28. The van der Waals surface area contributed by atoms with Crippen LogP contribution in [0.2, 0.25) is 5.15 Å². The lowest BCUT2D eigenvalue weighted by molar-refractivity contribution is 0.0926. The van der Waals surface area contributed by atoms with E-state index in [2.05, 4.69) is 31.4 Å². The third-order valence-corrected chi connectivity index (χ3v) is 3.85. The molecule has 0 atom stereocenters. The van der Waals surface area contributed by atoms with Crippen molar-refractivity contribution < 1.29 is 9.21 Å². The Balaban J connectivity index is 1.79. The number of fused-ring (bicyclic) bond motifs is 1. The van der Waals surface area contributed by atoms with Gasteiger partial charge in [0.05, 0.1) is 11.7 Å². The van der Waals surface area contributed by atoms with Gasteiger partial charge in [-0.1, -0.05) is 23.7 Å². The second-order valence-corrected chi connectivity index (χ2v) is 6.01. The highest BCUT2D eigenvalue weighted by molar-refractivity contribution is 9.10. The van der Waals surface area contributed by atoms with E-state index >= 15 is 0 Å². The Morgan fingerprint density at radius 2 is 2.17 bits per heavy atom. The number of pyridine rings is 1. The maximum Gasteiger partial charge on any atom is 0.307 e. The van der Waals surface area contributed by atoms with Crippen molar-refractivity contribution in [2.24, 2.45) is 5.10 Å². The summed E-state index contributed by atoms with van der Waals surface area (Å²) in [4.78, 5) is 16.1. The molecule has 0 aliphatic heterocycles. The summed E-state index contributed by atoms with van der Waals surface area (Å²) in [6.45, 7) is 1.99. The molecular weight excluding hydrogens is 382 g/mol. The van der Waals surface area contributed by atoms with Gasteiger partial charge in [-0.05, 0) is 52.7 Å². The van der Waals surface area contributed by atoms with Gasteiger partial charge in [-0.3, -0.25) is 4.79 Å². The summed E-state index contributed by atoms with van der Waals surface area (Å²) in [7, 11) is 0. The molecule has 0 saturated carbocycles. The zero-order chi connectivity index (χ0) is 16.4. The number of halogens is 2. The van der Waals surface area contributed by atoms with Crippen molar-refractivity contribution >= 4 is 50.6 Å². The first-order chi connectivity index (χ1) is 11.0. The summed E-state index contributed by atoms with van der Waals surface area (Å²) in [6.07, 6.45) is 1.45. The van der Waals surface area contributed by atoms with Gasteiger partial charge in [-0.2, -0.15) is 5.10 Å². The number of furan rings is 1. The van der Waals surface area contributed by atoms with E-state index in [0.29, 0.717) is 15.4 Å². The molecular formula is C16H11BrClN3O2. The molecule has 1 aromatic carbocycles. The number of aryl methyl sites for hydroxylation is 1. The molecule has 3 aromatic rings. The van der Waals surface area contributed by atoms with Gasteiger partial charge < -0.3 is 4.42 Å². The molecule has 1 N–H and O–H groups in total. The summed E-state index contributed by atoms with van der Waals surface area (Å²) in [5, 5.41) is 5.16. The Labute approximate surface area is 145 Å². The predicted molar refractivity (Wildman–Crippen MR) is 93.0 cm³/mol. The van der Waals surface area contributed by atoms with Crippen molar-refractivity contribution in [1.82, 2.24) is 10.4 Å². The number of nitrogens with one attached hydrogen (secondary N) is 1. The molecule has 23 heavy (non-hydrogen) atoms. The van der Waals surface area contributed by atoms with Crippen molar-refractivity contribution in [3.63, 3.8) is 0 Å². The number of hydrogen-bond donors (Lipinski definition) is 1. The van der Waals surface area contributed by atoms with E-state index in [1.165, 1.54) is 6.21 Å². The topological polar surface area (TPSA) is 67.5 Å². The molecule has 0 saturated heterocycles. The van der Waals surface area contributed by atoms with Gasteiger partial charge in [0.25, 0.3) is 0 Å². The van der Waals surface area contributed by atoms with E-state index in [1.807, 2.05) is 31.2 Å². The minimum Gasteiger partial charge on any atom is -0.444 e. The van der Waals surface area contributed by atoms with Gasteiger partial charge in [-0.25, -0.2) is 10.4 Å². The number of hydrazone groups is 1. The van der Waals surface area contributed by atoms with Crippen LogP contribution in [-0.2, 0) is 0 Å². The number of carbonyl (C=O) groups is 1. The molecule has 7 heteroatoms. The summed E-state index contributed by atoms with van der Waals surface area (Å²) < 4.78 is 5.61. The SMILES string of the molecule is Cc1ccc2cc(/C=N\NC(=O)c3ccc(Br)o3)c(Cl)nc2c1. The molecule has 0 radical (unpaired) electrons. The van der Waals surface area contributed by atoms with Gasteiger partial charge in [-0.15, -0.1) is 0 Å². The quantitative estimate of drug-likeness (QED) is 0.410. The van der Waals surface area contributed by atoms with Crippen LogP contribution in [0.25, 0.3) is 10.9 Å². The van der Waals surface area contributed by atoms with Crippen LogP contribution in [0.1, 0.15) is 21.7 Å². The first-order valence-electron chi connectivity index (χ1n) is 6.68. The summed E-state index contributed by atoms with van der Waals surface area (Å²) in [5.74, 6) is -0.292. The molecule has 2 heterocycles. The van der Waals surface area contributed by atoms with Crippen molar-refractivity contribution in [3.8, 4) is 0 Å². The summed E-state index contributed by atoms with van der Waals surface area (Å²) in [6, 6.07) is 11.0. The third-order valence-electron chi connectivity index (χ3n) is 3.12. The van der Waals surface area contributed by atoms with Crippen LogP contribution in [0, 0.1) is 6.92 Å². The maximum atomic E-state index is 11.8. The molecule has 0 unspecified atom stereocenters. The van der Waals surface area contributed by atoms with E-state index in [-0.39, 0.29) is 5.76 Å². The molecule has 5 nitrogen and oxygen atoms in total. The zero-order valence-corrected chi connectivity index (χ0v) is 14.4. The zero-order valence-electron chi connectivity index (χ0n) is 12.0.